The number of anilines is 1. The van der Waals surface area contributed by atoms with E-state index in [9.17, 15) is 9.59 Å². The normalized spacial score (nSPS) is 11.4. The lowest BCUT2D eigenvalue weighted by molar-refractivity contribution is -0.117. The number of carbonyl (C=O) groups excluding carboxylic acids is 2. The van der Waals surface area contributed by atoms with Crippen LogP contribution in [-0.4, -0.2) is 53.3 Å². The molecule has 198 valence electrons. The second-order valence-corrected chi connectivity index (χ2v) is 10.4. The standard InChI is InChI=1S/C30H40N4O3/c1-7-8-12-23-14-16-24(17-15-23)29(36)33(18-19-37-6)21-28(35)31-27-20-26(30(3,4)5)32-34(27)25-13-10-9-11-22(25)2/h9-11,13-17,20H,7-8,12,18-19,21H2,1-6H3,(H,31,35). The van der Waals surface area contributed by atoms with Crippen molar-refractivity contribution in [2.24, 2.45) is 0 Å². The first-order chi connectivity index (χ1) is 17.6. The first kappa shape index (κ1) is 28.1. The summed E-state index contributed by atoms with van der Waals surface area (Å²) in [6.07, 6.45) is 3.23. The van der Waals surface area contributed by atoms with E-state index in [2.05, 4.69) is 33.0 Å². The molecule has 3 aromatic rings. The highest BCUT2D eigenvalue weighted by atomic mass is 16.5. The summed E-state index contributed by atoms with van der Waals surface area (Å²) in [4.78, 5) is 28.1. The van der Waals surface area contributed by atoms with Crippen molar-refractivity contribution in [1.29, 1.82) is 0 Å². The first-order valence-electron chi connectivity index (χ1n) is 13.0. The Bertz CT molecular complexity index is 1190. The van der Waals surface area contributed by atoms with Crippen molar-refractivity contribution in [2.45, 2.75) is 59.3 Å². The number of rotatable bonds is 11. The van der Waals surface area contributed by atoms with Gasteiger partial charge >= 0.3 is 0 Å². The highest BCUT2D eigenvalue weighted by Crippen LogP contribution is 2.27. The van der Waals surface area contributed by atoms with Crippen molar-refractivity contribution >= 4 is 17.6 Å². The Labute approximate surface area is 220 Å². The summed E-state index contributed by atoms with van der Waals surface area (Å²) in [6, 6.07) is 17.5. The average molecular weight is 505 g/mol. The summed E-state index contributed by atoms with van der Waals surface area (Å²) >= 11 is 0. The van der Waals surface area contributed by atoms with Crippen LogP contribution in [0.5, 0.6) is 0 Å². The van der Waals surface area contributed by atoms with Crippen molar-refractivity contribution in [3.05, 3.63) is 77.0 Å². The number of ether oxygens (including phenoxy) is 1. The van der Waals surface area contributed by atoms with E-state index in [1.54, 1.807) is 11.8 Å². The third kappa shape index (κ3) is 7.52. The number of carbonyl (C=O) groups is 2. The Morgan fingerprint density at radius 1 is 1.08 bits per heavy atom. The number of nitrogens with zero attached hydrogens (tertiary/aromatic N) is 3. The number of para-hydroxylation sites is 1. The molecule has 0 aliphatic carbocycles. The van der Waals surface area contributed by atoms with Crippen LogP contribution in [0.1, 0.15) is 67.7 Å². The smallest absolute Gasteiger partial charge is 0.254 e. The van der Waals surface area contributed by atoms with Gasteiger partial charge in [-0.2, -0.15) is 5.10 Å². The van der Waals surface area contributed by atoms with Crippen LogP contribution >= 0.6 is 0 Å². The Morgan fingerprint density at radius 2 is 1.78 bits per heavy atom. The molecule has 1 N–H and O–H groups in total. The van der Waals surface area contributed by atoms with Crippen LogP contribution < -0.4 is 5.32 Å². The van der Waals surface area contributed by atoms with Gasteiger partial charge in [0.15, 0.2) is 0 Å². The van der Waals surface area contributed by atoms with E-state index in [4.69, 9.17) is 9.84 Å². The van der Waals surface area contributed by atoms with Gasteiger partial charge in [0.1, 0.15) is 12.4 Å². The molecule has 0 fully saturated rings. The van der Waals surface area contributed by atoms with E-state index in [0.29, 0.717) is 24.5 Å². The zero-order chi connectivity index (χ0) is 27.0. The maximum Gasteiger partial charge on any atom is 0.254 e. The molecule has 1 aromatic heterocycles. The maximum atomic E-state index is 13.3. The number of hydrogen-bond acceptors (Lipinski definition) is 4. The molecule has 3 rings (SSSR count). The third-order valence-corrected chi connectivity index (χ3v) is 6.30. The second kappa shape index (κ2) is 12.7. The molecule has 0 aliphatic rings. The van der Waals surface area contributed by atoms with Crippen LogP contribution in [0.2, 0.25) is 0 Å². The molecular formula is C30H40N4O3. The summed E-state index contributed by atoms with van der Waals surface area (Å²) in [5.41, 5.74) is 4.37. The molecule has 0 radical (unpaired) electrons. The molecule has 0 atom stereocenters. The Hall–Kier alpha value is -3.45. The molecule has 1 heterocycles. The third-order valence-electron chi connectivity index (χ3n) is 6.30. The van der Waals surface area contributed by atoms with Crippen LogP contribution in [0.15, 0.2) is 54.6 Å². The molecule has 7 nitrogen and oxygen atoms in total. The molecular weight excluding hydrogens is 464 g/mol. The summed E-state index contributed by atoms with van der Waals surface area (Å²) in [7, 11) is 1.58. The number of methoxy groups -OCH3 is 1. The number of unbranched alkanes of at least 4 members (excludes halogenated alkanes) is 1. The van der Waals surface area contributed by atoms with Gasteiger partial charge in [-0.05, 0) is 49.1 Å². The van der Waals surface area contributed by atoms with E-state index >= 15 is 0 Å². The number of amides is 2. The van der Waals surface area contributed by atoms with Gasteiger partial charge in [-0.3, -0.25) is 9.59 Å². The SMILES string of the molecule is CCCCc1ccc(C(=O)N(CCOC)CC(=O)Nc2cc(C(C)(C)C)nn2-c2ccccc2C)cc1. The van der Waals surface area contributed by atoms with E-state index in [1.807, 2.05) is 61.5 Å². The molecule has 2 amide bonds. The van der Waals surface area contributed by atoms with Gasteiger partial charge in [0.25, 0.3) is 5.91 Å². The van der Waals surface area contributed by atoms with E-state index < -0.39 is 0 Å². The molecule has 0 saturated carbocycles. The molecule has 0 spiro atoms. The lowest BCUT2D eigenvalue weighted by Crippen LogP contribution is -2.40. The highest BCUT2D eigenvalue weighted by Gasteiger charge is 2.24. The van der Waals surface area contributed by atoms with Gasteiger partial charge in [0, 0.05) is 30.7 Å². The number of benzene rings is 2. The highest BCUT2D eigenvalue weighted by molar-refractivity contribution is 5.99. The van der Waals surface area contributed by atoms with Crippen molar-refractivity contribution in [3.8, 4) is 5.69 Å². The van der Waals surface area contributed by atoms with Gasteiger partial charge in [-0.1, -0.05) is 64.4 Å². The second-order valence-electron chi connectivity index (χ2n) is 10.4. The summed E-state index contributed by atoms with van der Waals surface area (Å²) < 4.78 is 6.98. The van der Waals surface area contributed by atoms with Crippen LogP contribution in [0.4, 0.5) is 5.82 Å². The minimum Gasteiger partial charge on any atom is -0.383 e. The molecule has 0 bridgehead atoms. The van der Waals surface area contributed by atoms with Crippen molar-refractivity contribution in [1.82, 2.24) is 14.7 Å². The fourth-order valence-corrected chi connectivity index (χ4v) is 4.01. The Balaban J connectivity index is 1.82. The van der Waals surface area contributed by atoms with Crippen LogP contribution in [0, 0.1) is 6.92 Å². The van der Waals surface area contributed by atoms with Gasteiger partial charge in [-0.15, -0.1) is 0 Å². The van der Waals surface area contributed by atoms with Crippen molar-refractivity contribution < 1.29 is 14.3 Å². The zero-order valence-electron chi connectivity index (χ0n) is 23.0. The largest absolute Gasteiger partial charge is 0.383 e. The summed E-state index contributed by atoms with van der Waals surface area (Å²) in [5.74, 6) is 0.0832. The molecule has 0 saturated heterocycles. The number of aryl methyl sites for hydroxylation is 2. The predicted octanol–water partition coefficient (Wildman–Crippen LogP) is 5.55. The van der Waals surface area contributed by atoms with Gasteiger partial charge in [0.05, 0.1) is 18.0 Å². The first-order valence-corrected chi connectivity index (χ1v) is 13.0. The van der Waals surface area contributed by atoms with Crippen LogP contribution in [0.25, 0.3) is 5.69 Å². The van der Waals surface area contributed by atoms with E-state index in [-0.39, 0.29) is 23.8 Å². The van der Waals surface area contributed by atoms with Crippen LogP contribution in [-0.2, 0) is 21.4 Å². The van der Waals surface area contributed by atoms with Gasteiger partial charge < -0.3 is 15.0 Å². The van der Waals surface area contributed by atoms with Gasteiger partial charge in [-0.25, -0.2) is 4.68 Å². The fourth-order valence-electron chi connectivity index (χ4n) is 4.01. The lowest BCUT2D eigenvalue weighted by atomic mass is 9.92. The fraction of sp³-hybridized carbons (Fsp3) is 0.433. The van der Waals surface area contributed by atoms with Crippen molar-refractivity contribution in [3.63, 3.8) is 0 Å². The summed E-state index contributed by atoms with van der Waals surface area (Å²) in [6.45, 7) is 11.0. The van der Waals surface area contributed by atoms with E-state index in [0.717, 1.165) is 36.2 Å². The molecule has 0 unspecified atom stereocenters. The van der Waals surface area contributed by atoms with E-state index in [1.165, 1.54) is 10.5 Å². The minimum absolute atomic E-state index is 0.0937. The van der Waals surface area contributed by atoms with Crippen LogP contribution in [0.3, 0.4) is 0 Å². The maximum absolute atomic E-state index is 13.3. The Morgan fingerprint density at radius 3 is 2.41 bits per heavy atom. The predicted molar refractivity (Wildman–Crippen MR) is 148 cm³/mol. The quantitative estimate of drug-likeness (QED) is 0.372. The lowest BCUT2D eigenvalue weighted by Gasteiger charge is -2.22. The minimum atomic E-state index is -0.292. The number of nitrogens with one attached hydrogen (secondary N) is 1. The molecule has 0 aliphatic heterocycles. The molecule has 7 heteroatoms. The summed E-state index contributed by atoms with van der Waals surface area (Å²) in [5, 5.41) is 7.81. The number of aromatic nitrogens is 2. The average Bonchev–Trinajstić information content (AvgIpc) is 3.29. The molecule has 37 heavy (non-hydrogen) atoms. The monoisotopic (exact) mass is 504 g/mol. The number of hydrogen-bond donors (Lipinski definition) is 1. The van der Waals surface area contributed by atoms with Crippen molar-refractivity contribution in [2.75, 3.05) is 32.1 Å². The molecule has 2 aromatic carbocycles. The van der Waals surface area contributed by atoms with Gasteiger partial charge in [0.2, 0.25) is 5.91 Å². The zero-order valence-corrected chi connectivity index (χ0v) is 23.0. The topological polar surface area (TPSA) is 76.5 Å². The Kier molecular flexibility index (Phi) is 9.64.